The Morgan fingerprint density at radius 1 is 1.47 bits per heavy atom. The van der Waals surface area contributed by atoms with E-state index in [0.29, 0.717) is 11.8 Å². The molecule has 4 nitrogen and oxygen atoms in total. The van der Waals surface area contributed by atoms with Crippen molar-refractivity contribution in [1.82, 2.24) is 0 Å². The molecule has 0 bridgehead atoms. The first kappa shape index (κ1) is 10.3. The zero-order valence-electron chi connectivity index (χ0n) is 9.64. The third-order valence-electron chi connectivity index (χ3n) is 3.75. The molecule has 0 fully saturated rings. The minimum absolute atomic E-state index is 0.198. The second-order valence-corrected chi connectivity index (χ2v) is 4.81. The highest BCUT2D eigenvalue weighted by Crippen LogP contribution is 2.44. The highest BCUT2D eigenvalue weighted by atomic mass is 16.6. The van der Waals surface area contributed by atoms with E-state index in [9.17, 15) is 10.1 Å². The molecule has 17 heavy (non-hydrogen) atoms. The molecular formula is C13H14N2O2. The Hall–Kier alpha value is -1.84. The number of hydrogen-bond donors (Lipinski definition) is 1. The van der Waals surface area contributed by atoms with Crippen LogP contribution in [0.15, 0.2) is 24.3 Å². The molecule has 0 saturated heterocycles. The molecule has 2 atom stereocenters. The van der Waals surface area contributed by atoms with Gasteiger partial charge in [0.05, 0.1) is 4.92 Å². The molecule has 0 saturated carbocycles. The quantitative estimate of drug-likeness (QED) is 0.458. The Balaban J connectivity index is 2.15. The molecule has 0 radical (unpaired) electrons. The average molecular weight is 230 g/mol. The third-order valence-corrected chi connectivity index (χ3v) is 3.75. The van der Waals surface area contributed by atoms with E-state index in [1.54, 1.807) is 12.1 Å². The van der Waals surface area contributed by atoms with Gasteiger partial charge < -0.3 is 5.32 Å². The maximum Gasteiger partial charge on any atom is 0.270 e. The maximum atomic E-state index is 10.9. The van der Waals surface area contributed by atoms with Crippen molar-refractivity contribution >= 4 is 11.4 Å². The monoisotopic (exact) mass is 230 g/mol. The number of nitrogens with zero attached hydrogens (tertiary/aromatic N) is 1. The summed E-state index contributed by atoms with van der Waals surface area (Å²) in [6, 6.07) is 3.37. The minimum atomic E-state index is -0.310. The van der Waals surface area contributed by atoms with Gasteiger partial charge in [-0.3, -0.25) is 10.1 Å². The second-order valence-electron chi connectivity index (χ2n) is 4.81. The number of aryl methyl sites for hydroxylation is 1. The molecule has 88 valence electrons. The lowest BCUT2D eigenvalue weighted by Gasteiger charge is -2.30. The number of hydrogen-bond acceptors (Lipinski definition) is 3. The van der Waals surface area contributed by atoms with Crippen LogP contribution in [0.3, 0.4) is 0 Å². The lowest BCUT2D eigenvalue weighted by atomic mass is 9.83. The summed E-state index contributed by atoms with van der Waals surface area (Å²) in [5, 5.41) is 14.3. The molecule has 0 amide bonds. The smallest absolute Gasteiger partial charge is 0.270 e. The van der Waals surface area contributed by atoms with Gasteiger partial charge in [0.1, 0.15) is 0 Å². The highest BCUT2D eigenvalue weighted by molar-refractivity contribution is 5.65. The molecule has 3 rings (SSSR count). The summed E-state index contributed by atoms with van der Waals surface area (Å²) in [6.45, 7) is 2.89. The Kier molecular flexibility index (Phi) is 2.18. The van der Waals surface area contributed by atoms with Crippen LogP contribution in [0.1, 0.15) is 23.5 Å². The minimum Gasteiger partial charge on any atom is -0.384 e. The Labute approximate surface area is 99.5 Å². The molecule has 0 unspecified atom stereocenters. The number of benzene rings is 1. The number of anilines is 1. The van der Waals surface area contributed by atoms with Gasteiger partial charge in [0, 0.05) is 30.3 Å². The summed E-state index contributed by atoms with van der Waals surface area (Å²) >= 11 is 0. The SMILES string of the molecule is Cc1cc([N+](=O)[O-])cc2c1NC[C@@H]1CC=C[C@@H]21. The highest BCUT2D eigenvalue weighted by Gasteiger charge is 2.32. The number of allylic oxidation sites excluding steroid dienone is 2. The molecule has 0 spiro atoms. The van der Waals surface area contributed by atoms with Crippen LogP contribution in [0, 0.1) is 23.0 Å². The molecule has 1 heterocycles. The molecule has 4 heteroatoms. The van der Waals surface area contributed by atoms with Crippen molar-refractivity contribution < 1.29 is 4.92 Å². The molecule has 1 N–H and O–H groups in total. The van der Waals surface area contributed by atoms with Crippen molar-refractivity contribution in [3.63, 3.8) is 0 Å². The number of rotatable bonds is 1. The summed E-state index contributed by atoms with van der Waals surface area (Å²) in [4.78, 5) is 10.6. The van der Waals surface area contributed by atoms with Crippen LogP contribution in [0.5, 0.6) is 0 Å². The van der Waals surface area contributed by atoms with Crippen molar-refractivity contribution in [2.24, 2.45) is 5.92 Å². The van der Waals surface area contributed by atoms with Gasteiger partial charge in [0.2, 0.25) is 0 Å². The topological polar surface area (TPSA) is 55.2 Å². The zero-order chi connectivity index (χ0) is 12.0. The van der Waals surface area contributed by atoms with E-state index in [1.165, 1.54) is 0 Å². The number of nitro groups is 1. The first-order valence-electron chi connectivity index (χ1n) is 5.86. The van der Waals surface area contributed by atoms with Gasteiger partial charge in [-0.2, -0.15) is 0 Å². The number of nitrogens with one attached hydrogen (secondary N) is 1. The van der Waals surface area contributed by atoms with Gasteiger partial charge in [-0.05, 0) is 30.4 Å². The third kappa shape index (κ3) is 1.52. The van der Waals surface area contributed by atoms with Gasteiger partial charge in [0.15, 0.2) is 0 Å². The largest absolute Gasteiger partial charge is 0.384 e. The maximum absolute atomic E-state index is 10.9. The van der Waals surface area contributed by atoms with Crippen LogP contribution in [0.4, 0.5) is 11.4 Å². The summed E-state index contributed by atoms with van der Waals surface area (Å²) in [6.07, 6.45) is 5.44. The average Bonchev–Trinajstić information content (AvgIpc) is 2.76. The van der Waals surface area contributed by atoms with Gasteiger partial charge in [-0.15, -0.1) is 0 Å². The molecule has 0 aromatic heterocycles. The molecule has 1 aliphatic heterocycles. The van der Waals surface area contributed by atoms with Crippen molar-refractivity contribution in [1.29, 1.82) is 0 Å². The Bertz CT molecular complexity index is 522. The van der Waals surface area contributed by atoms with Crippen molar-refractivity contribution in [3.8, 4) is 0 Å². The van der Waals surface area contributed by atoms with Crippen LogP contribution >= 0.6 is 0 Å². The fraction of sp³-hybridized carbons (Fsp3) is 0.385. The van der Waals surface area contributed by atoms with E-state index in [2.05, 4.69) is 17.5 Å². The van der Waals surface area contributed by atoms with Crippen LogP contribution < -0.4 is 5.32 Å². The first-order valence-corrected chi connectivity index (χ1v) is 5.86. The van der Waals surface area contributed by atoms with Gasteiger partial charge in [-0.25, -0.2) is 0 Å². The van der Waals surface area contributed by atoms with Crippen LogP contribution in [-0.2, 0) is 0 Å². The van der Waals surface area contributed by atoms with Crippen molar-refractivity contribution in [3.05, 3.63) is 45.5 Å². The van der Waals surface area contributed by atoms with Crippen LogP contribution in [0.25, 0.3) is 0 Å². The van der Waals surface area contributed by atoms with Gasteiger partial charge in [-0.1, -0.05) is 12.2 Å². The second kappa shape index (κ2) is 3.58. The molecule has 2 aliphatic rings. The van der Waals surface area contributed by atoms with Gasteiger partial charge in [0.25, 0.3) is 5.69 Å². The van der Waals surface area contributed by atoms with E-state index in [-0.39, 0.29) is 10.6 Å². The summed E-state index contributed by atoms with van der Waals surface area (Å²) in [5.74, 6) is 0.911. The molecule has 1 aromatic carbocycles. The Morgan fingerprint density at radius 2 is 2.29 bits per heavy atom. The molecular weight excluding hydrogens is 216 g/mol. The van der Waals surface area contributed by atoms with E-state index in [4.69, 9.17) is 0 Å². The normalized spacial score (nSPS) is 25.0. The summed E-state index contributed by atoms with van der Waals surface area (Å²) in [5.41, 5.74) is 3.34. The molecule has 1 aromatic rings. The predicted octanol–water partition coefficient (Wildman–Crippen LogP) is 2.99. The number of fused-ring (bicyclic) bond motifs is 3. The standard InChI is InChI=1S/C13H14N2O2/c1-8-5-10(15(16)17)6-12-11-4-2-3-9(11)7-14-13(8)12/h2,4-6,9,11,14H,3,7H2,1H3/t9-,11+/m0/s1. The van der Waals surface area contributed by atoms with Crippen molar-refractivity contribution in [2.45, 2.75) is 19.3 Å². The fourth-order valence-corrected chi connectivity index (χ4v) is 2.91. The molecule has 1 aliphatic carbocycles. The first-order chi connectivity index (χ1) is 8.16. The van der Waals surface area contributed by atoms with Crippen molar-refractivity contribution in [2.75, 3.05) is 11.9 Å². The van der Waals surface area contributed by atoms with E-state index < -0.39 is 0 Å². The van der Waals surface area contributed by atoms with Crippen LogP contribution in [-0.4, -0.2) is 11.5 Å². The Morgan fingerprint density at radius 3 is 3.06 bits per heavy atom. The number of nitro benzene ring substituents is 1. The number of non-ortho nitro benzene ring substituents is 1. The predicted molar refractivity (Wildman–Crippen MR) is 66.3 cm³/mol. The summed E-state index contributed by atoms with van der Waals surface area (Å²) in [7, 11) is 0. The van der Waals surface area contributed by atoms with E-state index in [1.807, 2.05) is 6.92 Å². The van der Waals surface area contributed by atoms with Crippen LogP contribution in [0.2, 0.25) is 0 Å². The summed E-state index contributed by atoms with van der Waals surface area (Å²) < 4.78 is 0. The van der Waals surface area contributed by atoms with E-state index >= 15 is 0 Å². The lowest BCUT2D eigenvalue weighted by molar-refractivity contribution is -0.385. The fourth-order valence-electron chi connectivity index (χ4n) is 2.91. The zero-order valence-corrected chi connectivity index (χ0v) is 9.64. The van der Waals surface area contributed by atoms with Gasteiger partial charge >= 0.3 is 0 Å². The lowest BCUT2D eigenvalue weighted by Crippen LogP contribution is -2.25. The van der Waals surface area contributed by atoms with E-state index in [0.717, 1.165) is 29.8 Å².